The van der Waals surface area contributed by atoms with Crippen molar-refractivity contribution in [2.24, 2.45) is 10.7 Å². The van der Waals surface area contributed by atoms with Crippen LogP contribution in [0.2, 0.25) is 0 Å². The molecule has 0 bridgehead atoms. The monoisotopic (exact) mass is 214 g/mol. The molecule has 1 aliphatic carbocycles. The van der Waals surface area contributed by atoms with Gasteiger partial charge in [0.2, 0.25) is 6.08 Å². The highest BCUT2D eigenvalue weighted by molar-refractivity contribution is 5.64. The Bertz CT molecular complexity index is 219. The molecule has 0 radical (unpaired) electrons. The zero-order valence-electron chi connectivity index (χ0n) is 9.07. The minimum absolute atomic E-state index is 0.302. The quantitative estimate of drug-likeness (QED) is 0.561. The Kier molecular flexibility index (Phi) is 8.39. The molecule has 5 heteroatoms. The number of hydrogen-bond acceptors (Lipinski definition) is 4. The fourth-order valence-corrected chi connectivity index (χ4v) is 1.43. The average molecular weight is 214 g/mol. The molecule has 0 atom stereocenters. The fourth-order valence-electron chi connectivity index (χ4n) is 1.43. The smallest absolute Gasteiger partial charge is 0.404 e. The second-order valence-corrected chi connectivity index (χ2v) is 3.26. The lowest BCUT2D eigenvalue weighted by atomic mass is 9.96. The van der Waals surface area contributed by atoms with Crippen LogP contribution in [-0.2, 0) is 9.53 Å². The molecule has 0 aliphatic heterocycles. The van der Waals surface area contributed by atoms with Crippen LogP contribution in [-0.4, -0.2) is 24.8 Å². The summed E-state index contributed by atoms with van der Waals surface area (Å²) in [6.07, 6.45) is 6.86. The Labute approximate surface area is 89.7 Å². The molecule has 0 saturated heterocycles. The highest BCUT2D eigenvalue weighted by Crippen LogP contribution is 2.19. The molecule has 1 fully saturated rings. The number of aliphatic imine (C=N–C) groups is 1. The van der Waals surface area contributed by atoms with Gasteiger partial charge in [-0.3, -0.25) is 0 Å². The highest BCUT2D eigenvalue weighted by atomic mass is 16.5. The zero-order chi connectivity index (χ0) is 11.5. The van der Waals surface area contributed by atoms with E-state index in [2.05, 4.69) is 15.5 Å². The molecule has 0 aromatic carbocycles. The summed E-state index contributed by atoms with van der Waals surface area (Å²) in [4.78, 5) is 23.1. The molecule has 0 spiro atoms. The van der Waals surface area contributed by atoms with Crippen LogP contribution >= 0.6 is 0 Å². The fraction of sp³-hybridized carbons (Fsp3) is 0.800. The summed E-state index contributed by atoms with van der Waals surface area (Å²) in [7, 11) is 0. The van der Waals surface area contributed by atoms with Crippen LogP contribution in [0.3, 0.4) is 0 Å². The molecule has 15 heavy (non-hydrogen) atoms. The third-order valence-electron chi connectivity index (χ3n) is 2.10. The molecular weight excluding hydrogens is 196 g/mol. The van der Waals surface area contributed by atoms with E-state index in [1.807, 2.05) is 0 Å². The van der Waals surface area contributed by atoms with Gasteiger partial charge in [0.25, 0.3) is 0 Å². The maximum atomic E-state index is 9.78. The first-order valence-corrected chi connectivity index (χ1v) is 5.20. The summed E-state index contributed by atoms with van der Waals surface area (Å²) in [6.45, 7) is 2.06. The first-order valence-electron chi connectivity index (χ1n) is 5.20. The van der Waals surface area contributed by atoms with E-state index in [1.165, 1.54) is 19.3 Å². The van der Waals surface area contributed by atoms with Gasteiger partial charge in [-0.05, 0) is 19.8 Å². The van der Waals surface area contributed by atoms with Gasteiger partial charge in [0, 0.05) is 0 Å². The van der Waals surface area contributed by atoms with E-state index in [9.17, 15) is 9.59 Å². The van der Waals surface area contributed by atoms with Crippen molar-refractivity contribution in [1.29, 1.82) is 0 Å². The Morgan fingerprint density at radius 1 is 1.47 bits per heavy atom. The molecule has 5 nitrogen and oxygen atoms in total. The zero-order valence-corrected chi connectivity index (χ0v) is 9.07. The van der Waals surface area contributed by atoms with E-state index in [1.54, 1.807) is 13.0 Å². The second kappa shape index (κ2) is 9.21. The highest BCUT2D eigenvalue weighted by Gasteiger charge is 2.10. The van der Waals surface area contributed by atoms with E-state index in [-0.39, 0.29) is 0 Å². The van der Waals surface area contributed by atoms with Crippen LogP contribution in [0.5, 0.6) is 0 Å². The predicted octanol–water partition coefficient (Wildman–Crippen LogP) is 1.76. The van der Waals surface area contributed by atoms with Gasteiger partial charge in [-0.25, -0.2) is 14.6 Å². The lowest BCUT2D eigenvalue weighted by Gasteiger charge is -2.14. The Morgan fingerprint density at radius 3 is 2.40 bits per heavy atom. The standard InChI is InChI=1S/C7H11NO.C3H7NO2/c9-6-8-7-4-2-1-3-5-7;1-2-6-3(4)5/h7H,1-5H2;2H2,1H3,(H2,4,5). The van der Waals surface area contributed by atoms with Gasteiger partial charge in [-0.1, -0.05) is 19.3 Å². The number of isocyanates is 1. The van der Waals surface area contributed by atoms with Crippen LogP contribution in [0.25, 0.3) is 0 Å². The second-order valence-electron chi connectivity index (χ2n) is 3.26. The van der Waals surface area contributed by atoms with Gasteiger partial charge in [-0.2, -0.15) is 0 Å². The number of rotatable bonds is 2. The minimum Gasteiger partial charge on any atom is -0.450 e. The maximum Gasteiger partial charge on any atom is 0.404 e. The molecule has 86 valence electrons. The summed E-state index contributed by atoms with van der Waals surface area (Å²) in [5, 5.41) is 0. The van der Waals surface area contributed by atoms with Crippen molar-refractivity contribution in [3.05, 3.63) is 0 Å². The number of hydrogen-bond donors (Lipinski definition) is 1. The van der Waals surface area contributed by atoms with E-state index < -0.39 is 6.09 Å². The van der Waals surface area contributed by atoms with E-state index in [0.717, 1.165) is 12.8 Å². The van der Waals surface area contributed by atoms with Gasteiger partial charge in [0.1, 0.15) is 0 Å². The van der Waals surface area contributed by atoms with Crippen molar-refractivity contribution >= 4 is 12.2 Å². The van der Waals surface area contributed by atoms with E-state index in [4.69, 9.17) is 0 Å². The van der Waals surface area contributed by atoms with Gasteiger partial charge in [0.15, 0.2) is 0 Å². The molecule has 1 saturated carbocycles. The number of nitrogens with zero attached hydrogens (tertiary/aromatic N) is 1. The van der Waals surface area contributed by atoms with E-state index >= 15 is 0 Å². The lowest BCUT2D eigenvalue weighted by Crippen LogP contribution is -2.11. The number of carbonyl (C=O) groups is 1. The van der Waals surface area contributed by atoms with Crippen molar-refractivity contribution in [1.82, 2.24) is 0 Å². The summed E-state index contributed by atoms with van der Waals surface area (Å²) in [5.41, 5.74) is 4.54. The lowest BCUT2D eigenvalue weighted by molar-refractivity contribution is 0.163. The first-order chi connectivity index (χ1) is 7.20. The molecule has 1 rings (SSSR count). The normalized spacial score (nSPS) is 15.5. The molecule has 0 unspecified atom stereocenters. The van der Waals surface area contributed by atoms with Crippen LogP contribution in [0.15, 0.2) is 4.99 Å². The summed E-state index contributed by atoms with van der Waals surface area (Å²) in [6, 6.07) is 0.302. The topological polar surface area (TPSA) is 81.8 Å². The van der Waals surface area contributed by atoms with Crippen LogP contribution in [0.4, 0.5) is 4.79 Å². The summed E-state index contributed by atoms with van der Waals surface area (Å²) >= 11 is 0. The van der Waals surface area contributed by atoms with Gasteiger partial charge >= 0.3 is 6.09 Å². The van der Waals surface area contributed by atoms with Crippen LogP contribution in [0.1, 0.15) is 39.0 Å². The van der Waals surface area contributed by atoms with Gasteiger partial charge in [-0.15, -0.1) is 0 Å². The maximum absolute atomic E-state index is 9.78. The number of amides is 1. The van der Waals surface area contributed by atoms with E-state index in [0.29, 0.717) is 12.6 Å². The molecule has 2 N–H and O–H groups in total. The van der Waals surface area contributed by atoms with Gasteiger partial charge in [0.05, 0.1) is 12.6 Å². The van der Waals surface area contributed by atoms with Crippen LogP contribution in [0, 0.1) is 0 Å². The Balaban J connectivity index is 0.000000288. The van der Waals surface area contributed by atoms with Gasteiger partial charge < -0.3 is 10.5 Å². The Morgan fingerprint density at radius 2 is 2.07 bits per heavy atom. The van der Waals surface area contributed by atoms with Crippen molar-refractivity contribution in [3.63, 3.8) is 0 Å². The van der Waals surface area contributed by atoms with Crippen molar-refractivity contribution in [2.45, 2.75) is 45.1 Å². The molecule has 0 heterocycles. The third-order valence-corrected chi connectivity index (χ3v) is 2.10. The minimum atomic E-state index is -0.711. The average Bonchev–Trinajstić information content (AvgIpc) is 2.20. The Hall–Kier alpha value is -1.35. The summed E-state index contributed by atoms with van der Waals surface area (Å²) in [5.74, 6) is 0. The number of ether oxygens (including phenoxy) is 1. The molecule has 0 aromatic rings. The van der Waals surface area contributed by atoms with Crippen molar-refractivity contribution in [2.75, 3.05) is 6.61 Å². The third kappa shape index (κ3) is 8.97. The predicted molar refractivity (Wildman–Crippen MR) is 56.2 cm³/mol. The SMILES string of the molecule is CCOC(N)=O.O=C=NC1CCCCC1. The summed E-state index contributed by atoms with van der Waals surface area (Å²) < 4.78 is 4.18. The van der Waals surface area contributed by atoms with Crippen molar-refractivity contribution in [3.8, 4) is 0 Å². The number of nitrogens with two attached hydrogens (primary N) is 1. The van der Waals surface area contributed by atoms with Crippen LogP contribution < -0.4 is 5.73 Å². The number of carbonyl (C=O) groups excluding carboxylic acids is 2. The number of primary amides is 1. The van der Waals surface area contributed by atoms with Crippen molar-refractivity contribution < 1.29 is 14.3 Å². The molecule has 1 amide bonds. The first kappa shape index (κ1) is 13.7. The molecular formula is C10H18N2O3. The molecule has 1 aliphatic rings. The molecule has 0 aromatic heterocycles. The largest absolute Gasteiger partial charge is 0.450 e.